The first-order valence-corrected chi connectivity index (χ1v) is 9.95. The first-order chi connectivity index (χ1) is 14.5. The van der Waals surface area contributed by atoms with Gasteiger partial charge in [0.05, 0.1) is 5.57 Å². The Morgan fingerprint density at radius 1 is 1.13 bits per heavy atom. The van der Waals surface area contributed by atoms with Crippen LogP contribution >= 0.6 is 0 Å². The fourth-order valence-electron chi connectivity index (χ4n) is 4.98. The van der Waals surface area contributed by atoms with Crippen molar-refractivity contribution in [3.63, 3.8) is 0 Å². The van der Waals surface area contributed by atoms with Gasteiger partial charge in [0, 0.05) is 34.6 Å². The Balaban J connectivity index is 1.90. The van der Waals surface area contributed by atoms with Crippen LogP contribution in [-0.2, 0) is 15.0 Å². The summed E-state index contributed by atoms with van der Waals surface area (Å²) in [6.45, 7) is 1.92. The van der Waals surface area contributed by atoms with Crippen molar-refractivity contribution in [1.29, 1.82) is 5.26 Å². The summed E-state index contributed by atoms with van der Waals surface area (Å²) < 4.78 is 0. The summed E-state index contributed by atoms with van der Waals surface area (Å²) in [5, 5.41) is 13.1. The third kappa shape index (κ3) is 2.17. The van der Waals surface area contributed by atoms with E-state index in [-0.39, 0.29) is 17.2 Å². The van der Waals surface area contributed by atoms with Gasteiger partial charge in [-0.15, -0.1) is 0 Å². The van der Waals surface area contributed by atoms with Gasteiger partial charge >= 0.3 is 0 Å². The van der Waals surface area contributed by atoms with Gasteiger partial charge in [0.25, 0.3) is 0 Å². The number of allylic oxidation sites excluding steroid dienone is 1. The van der Waals surface area contributed by atoms with Gasteiger partial charge in [-0.25, -0.2) is 0 Å². The number of hydrogen-bond acceptors (Lipinski definition) is 5. The zero-order valence-corrected chi connectivity index (χ0v) is 16.5. The molecule has 0 saturated carbocycles. The third-order valence-corrected chi connectivity index (χ3v) is 6.20. The molecule has 2 aromatic rings. The Kier molecular flexibility index (Phi) is 3.84. The Labute approximate surface area is 174 Å². The third-order valence-electron chi connectivity index (χ3n) is 6.20. The van der Waals surface area contributed by atoms with Gasteiger partial charge < -0.3 is 11.1 Å². The summed E-state index contributed by atoms with van der Waals surface area (Å²) in [7, 11) is 0. The molecule has 0 unspecified atom stereocenters. The zero-order valence-electron chi connectivity index (χ0n) is 16.5. The normalized spacial score (nSPS) is 22.7. The topological polar surface area (TPSA) is 99.2 Å². The van der Waals surface area contributed by atoms with Gasteiger partial charge in [0.15, 0.2) is 5.78 Å². The van der Waals surface area contributed by atoms with E-state index in [1.165, 1.54) is 0 Å². The average Bonchev–Trinajstić information content (AvgIpc) is 3.01. The summed E-state index contributed by atoms with van der Waals surface area (Å²) >= 11 is 0. The molecule has 6 heteroatoms. The lowest BCUT2D eigenvalue weighted by Gasteiger charge is -2.43. The van der Waals surface area contributed by atoms with E-state index >= 15 is 0 Å². The molecule has 1 amide bonds. The molecule has 2 heterocycles. The van der Waals surface area contributed by atoms with Crippen LogP contribution in [0.15, 0.2) is 71.2 Å². The van der Waals surface area contributed by atoms with Crippen LogP contribution in [0, 0.1) is 18.3 Å². The van der Waals surface area contributed by atoms with Crippen LogP contribution in [0.1, 0.15) is 30.4 Å². The van der Waals surface area contributed by atoms with Crippen molar-refractivity contribution >= 4 is 23.1 Å². The summed E-state index contributed by atoms with van der Waals surface area (Å²) in [6, 6.07) is 17.2. The van der Waals surface area contributed by atoms with Crippen LogP contribution in [0.4, 0.5) is 11.4 Å². The molecule has 0 fully saturated rings. The van der Waals surface area contributed by atoms with Gasteiger partial charge in [-0.3, -0.25) is 14.5 Å². The molecule has 2 aliphatic heterocycles. The van der Waals surface area contributed by atoms with E-state index in [2.05, 4.69) is 11.4 Å². The van der Waals surface area contributed by atoms with E-state index in [1.54, 1.807) is 4.90 Å². The summed E-state index contributed by atoms with van der Waals surface area (Å²) in [5.74, 6) is -0.304. The molecular weight excluding hydrogens is 376 g/mol. The maximum Gasteiger partial charge on any atom is 0.245 e. The highest BCUT2D eigenvalue weighted by Crippen LogP contribution is 2.55. The zero-order chi connectivity index (χ0) is 21.0. The van der Waals surface area contributed by atoms with Crippen LogP contribution in [0.2, 0.25) is 0 Å². The SMILES string of the molecule is Cc1ccc2c(c1)[C@@]1(C(=O)N2)C(C#N)=C(N)N(c2ccccc2)C2=C1C(=O)CCC2. The summed E-state index contributed by atoms with van der Waals surface area (Å²) in [4.78, 5) is 28.6. The smallest absolute Gasteiger partial charge is 0.245 e. The number of nitriles is 1. The predicted octanol–water partition coefficient (Wildman–Crippen LogP) is 3.41. The minimum Gasteiger partial charge on any atom is -0.384 e. The van der Waals surface area contributed by atoms with E-state index in [0.29, 0.717) is 41.8 Å². The molecule has 0 aromatic heterocycles. The Hall–Kier alpha value is -3.85. The van der Waals surface area contributed by atoms with Gasteiger partial charge in [-0.05, 0) is 38.0 Å². The van der Waals surface area contributed by atoms with Gasteiger partial charge in [0.2, 0.25) is 5.91 Å². The van der Waals surface area contributed by atoms with Crippen LogP contribution in [-0.4, -0.2) is 11.7 Å². The lowest BCUT2D eigenvalue weighted by molar-refractivity contribution is -0.122. The average molecular weight is 396 g/mol. The Morgan fingerprint density at radius 3 is 2.63 bits per heavy atom. The molecule has 3 N–H and O–H groups in total. The first-order valence-electron chi connectivity index (χ1n) is 9.95. The number of anilines is 2. The number of aryl methyl sites for hydroxylation is 1. The molecule has 0 bridgehead atoms. The number of carbonyl (C=O) groups is 2. The highest BCUT2D eigenvalue weighted by molar-refractivity contribution is 6.19. The molecule has 5 rings (SSSR count). The molecule has 30 heavy (non-hydrogen) atoms. The number of Topliss-reactive ketones (excluding diaryl/α,β-unsaturated/α-hetero) is 1. The van der Waals surface area contributed by atoms with Crippen molar-refractivity contribution < 1.29 is 9.59 Å². The quantitative estimate of drug-likeness (QED) is 0.770. The minimum atomic E-state index is -1.50. The van der Waals surface area contributed by atoms with Gasteiger partial charge in [0.1, 0.15) is 17.3 Å². The Bertz CT molecular complexity index is 1220. The van der Waals surface area contributed by atoms with Crippen molar-refractivity contribution in [1.82, 2.24) is 0 Å². The number of nitrogens with one attached hydrogen (secondary N) is 1. The molecule has 3 aliphatic rings. The molecule has 0 radical (unpaired) electrons. The number of ketones is 1. The number of rotatable bonds is 1. The number of fused-ring (bicyclic) bond motifs is 3. The molecule has 2 aromatic carbocycles. The van der Waals surface area contributed by atoms with Crippen LogP contribution in [0.5, 0.6) is 0 Å². The fourth-order valence-corrected chi connectivity index (χ4v) is 4.98. The largest absolute Gasteiger partial charge is 0.384 e. The second-order valence-electron chi connectivity index (χ2n) is 7.89. The van der Waals surface area contributed by atoms with Crippen LogP contribution in [0.3, 0.4) is 0 Å². The van der Waals surface area contributed by atoms with E-state index < -0.39 is 11.3 Å². The number of benzene rings is 2. The van der Waals surface area contributed by atoms with Gasteiger partial charge in [-0.1, -0.05) is 35.9 Å². The maximum absolute atomic E-state index is 13.5. The number of para-hydroxylation sites is 1. The second kappa shape index (κ2) is 6.33. The number of nitrogens with zero attached hydrogens (tertiary/aromatic N) is 2. The molecule has 1 atom stereocenters. The maximum atomic E-state index is 13.5. The van der Waals surface area contributed by atoms with E-state index in [0.717, 1.165) is 11.3 Å². The molecule has 6 nitrogen and oxygen atoms in total. The summed E-state index contributed by atoms with van der Waals surface area (Å²) in [5.41, 5.74) is 9.22. The second-order valence-corrected chi connectivity index (χ2v) is 7.89. The molecule has 148 valence electrons. The predicted molar refractivity (Wildman–Crippen MR) is 113 cm³/mol. The number of carbonyl (C=O) groups excluding carboxylic acids is 2. The Morgan fingerprint density at radius 2 is 1.90 bits per heavy atom. The van der Waals surface area contributed by atoms with Gasteiger partial charge in [-0.2, -0.15) is 5.26 Å². The van der Waals surface area contributed by atoms with Crippen molar-refractivity contribution in [2.75, 3.05) is 10.2 Å². The van der Waals surface area contributed by atoms with Crippen molar-refractivity contribution in [2.24, 2.45) is 5.73 Å². The fraction of sp³-hybridized carbons (Fsp3) is 0.208. The van der Waals surface area contributed by atoms with Crippen LogP contribution < -0.4 is 16.0 Å². The summed E-state index contributed by atoms with van der Waals surface area (Å²) in [6.07, 6.45) is 1.62. The number of nitrogens with two attached hydrogens (primary N) is 1. The number of hydrogen-bond donors (Lipinski definition) is 2. The van der Waals surface area contributed by atoms with E-state index in [9.17, 15) is 14.9 Å². The lowest BCUT2D eigenvalue weighted by Crippen LogP contribution is -2.50. The monoisotopic (exact) mass is 396 g/mol. The van der Waals surface area contributed by atoms with Crippen molar-refractivity contribution in [3.8, 4) is 6.07 Å². The minimum absolute atomic E-state index is 0.0993. The van der Waals surface area contributed by atoms with Crippen LogP contribution in [0.25, 0.3) is 0 Å². The highest BCUT2D eigenvalue weighted by atomic mass is 16.2. The first kappa shape index (κ1) is 18.2. The standard InChI is InChI=1S/C24H20N4O2/c1-14-10-11-18-16(12-14)24(23(30)27-18)17(13-25)22(26)28(15-6-3-2-4-7-15)19-8-5-9-20(29)21(19)24/h2-4,6-7,10-12H,5,8-9,26H2,1H3,(H,27,30)/t24-/m1/s1. The molecule has 1 spiro atoms. The highest BCUT2D eigenvalue weighted by Gasteiger charge is 2.60. The molecular formula is C24H20N4O2. The van der Waals surface area contributed by atoms with Crippen molar-refractivity contribution in [3.05, 3.63) is 82.3 Å². The van der Waals surface area contributed by atoms with E-state index in [4.69, 9.17) is 5.73 Å². The number of amides is 1. The van der Waals surface area contributed by atoms with E-state index in [1.807, 2.05) is 55.5 Å². The molecule has 1 aliphatic carbocycles. The van der Waals surface area contributed by atoms with Crippen molar-refractivity contribution in [2.45, 2.75) is 31.6 Å². The molecule has 0 saturated heterocycles. The lowest BCUT2D eigenvalue weighted by atomic mass is 9.63.